The van der Waals surface area contributed by atoms with Gasteiger partial charge in [-0.15, -0.1) is 0 Å². The Morgan fingerprint density at radius 3 is 2.73 bits per heavy atom. The van der Waals surface area contributed by atoms with Gasteiger partial charge in [-0.1, -0.05) is 18.2 Å². The fourth-order valence-electron chi connectivity index (χ4n) is 1.59. The number of hydrogen-bond donors (Lipinski definition) is 2. The molecule has 0 bridgehead atoms. The molecule has 1 amide bonds. The van der Waals surface area contributed by atoms with Crippen LogP contribution in [-0.4, -0.2) is 38.6 Å². The average molecular weight is 314 g/mol. The number of rotatable bonds is 8. The molecular weight excluding hydrogens is 294 g/mol. The van der Waals surface area contributed by atoms with Crippen LogP contribution in [0.15, 0.2) is 24.3 Å². The van der Waals surface area contributed by atoms with Gasteiger partial charge in [0.1, 0.15) is 0 Å². The van der Waals surface area contributed by atoms with Crippen molar-refractivity contribution in [2.45, 2.75) is 12.8 Å². The average Bonchev–Trinajstić information content (AvgIpc) is 2.52. The lowest BCUT2D eigenvalue weighted by Gasteiger charge is -2.15. The van der Waals surface area contributed by atoms with E-state index in [0.29, 0.717) is 11.5 Å². The number of carbonyl (C=O) groups is 1. The van der Waals surface area contributed by atoms with Crippen molar-refractivity contribution >= 4 is 12.0 Å². The summed E-state index contributed by atoms with van der Waals surface area (Å²) >= 11 is 0. The molecule has 1 aromatic rings. The molecule has 0 atom stereocenters. The monoisotopic (exact) mass is 314 g/mol. The Kier molecular flexibility index (Phi) is 6.78. The van der Waals surface area contributed by atoms with Crippen LogP contribution in [0.5, 0.6) is 11.5 Å². The van der Waals surface area contributed by atoms with Crippen molar-refractivity contribution in [2.75, 3.05) is 26.8 Å². The van der Waals surface area contributed by atoms with Gasteiger partial charge >= 0.3 is 0 Å². The molecular formula is C15H20F2N2O3. The maximum absolute atomic E-state index is 12.9. The summed E-state index contributed by atoms with van der Waals surface area (Å²) in [6.45, 7) is -0.143. The highest BCUT2D eigenvalue weighted by molar-refractivity contribution is 5.77. The summed E-state index contributed by atoms with van der Waals surface area (Å²) in [4.78, 5) is 11.5. The van der Waals surface area contributed by atoms with Crippen LogP contribution in [0.25, 0.3) is 6.08 Å². The second kappa shape index (κ2) is 8.33. The fourth-order valence-corrected chi connectivity index (χ4v) is 1.59. The Morgan fingerprint density at radius 1 is 1.41 bits per heavy atom. The van der Waals surface area contributed by atoms with Crippen LogP contribution < -0.4 is 20.5 Å². The first-order valence-corrected chi connectivity index (χ1v) is 6.70. The number of allylic oxidation sites excluding steroid dienone is 1. The topological polar surface area (TPSA) is 73.6 Å². The van der Waals surface area contributed by atoms with Crippen molar-refractivity contribution in [1.29, 1.82) is 0 Å². The Labute approximate surface area is 128 Å². The quantitative estimate of drug-likeness (QED) is 0.767. The van der Waals surface area contributed by atoms with Gasteiger partial charge in [-0.3, -0.25) is 4.79 Å². The molecule has 122 valence electrons. The van der Waals surface area contributed by atoms with Gasteiger partial charge in [0.25, 0.3) is 11.8 Å². The van der Waals surface area contributed by atoms with Crippen LogP contribution >= 0.6 is 0 Å². The maximum Gasteiger partial charge on any atom is 0.277 e. The molecule has 0 aliphatic heterocycles. The predicted molar refractivity (Wildman–Crippen MR) is 80.2 cm³/mol. The third kappa shape index (κ3) is 5.69. The lowest BCUT2D eigenvalue weighted by molar-refractivity contribution is -0.124. The molecule has 3 N–H and O–H groups in total. The van der Waals surface area contributed by atoms with Crippen molar-refractivity contribution in [3.8, 4) is 11.5 Å². The number of methoxy groups -OCH3 is 1. The van der Waals surface area contributed by atoms with Crippen molar-refractivity contribution in [1.82, 2.24) is 5.32 Å². The van der Waals surface area contributed by atoms with E-state index in [9.17, 15) is 13.6 Å². The van der Waals surface area contributed by atoms with Gasteiger partial charge in [-0.25, -0.2) is 8.78 Å². The molecule has 0 fully saturated rings. The molecule has 5 nitrogen and oxygen atoms in total. The van der Waals surface area contributed by atoms with Gasteiger partial charge in [0.2, 0.25) is 0 Å². The van der Waals surface area contributed by atoms with Crippen molar-refractivity contribution < 1.29 is 23.0 Å². The largest absolute Gasteiger partial charge is 0.493 e. The summed E-state index contributed by atoms with van der Waals surface area (Å²) in [6.07, 6.45) is 3.76. The van der Waals surface area contributed by atoms with Gasteiger partial charge in [0.15, 0.2) is 18.1 Å². The minimum atomic E-state index is -3.12. The minimum absolute atomic E-state index is 0.358. The molecule has 0 saturated carbocycles. The first-order chi connectivity index (χ1) is 10.4. The summed E-state index contributed by atoms with van der Waals surface area (Å²) in [5.41, 5.74) is 5.80. The second-order valence-corrected chi connectivity index (χ2v) is 4.54. The zero-order valence-electron chi connectivity index (χ0n) is 12.6. The molecule has 0 aliphatic rings. The first-order valence-electron chi connectivity index (χ1n) is 6.70. The van der Waals surface area contributed by atoms with E-state index in [1.54, 1.807) is 18.2 Å². The Morgan fingerprint density at radius 2 is 2.14 bits per heavy atom. The molecule has 0 saturated heterocycles. The molecule has 0 radical (unpaired) electrons. The Balaban J connectivity index is 2.58. The van der Waals surface area contributed by atoms with Crippen LogP contribution in [0.4, 0.5) is 8.78 Å². The summed E-state index contributed by atoms with van der Waals surface area (Å²) < 4.78 is 36.3. The van der Waals surface area contributed by atoms with Crippen LogP contribution in [0.2, 0.25) is 0 Å². The lowest BCUT2D eigenvalue weighted by Crippen LogP contribution is -2.43. The lowest BCUT2D eigenvalue weighted by atomic mass is 10.2. The smallest absolute Gasteiger partial charge is 0.277 e. The summed E-state index contributed by atoms with van der Waals surface area (Å²) in [7, 11) is 1.48. The van der Waals surface area contributed by atoms with Crippen LogP contribution in [0.3, 0.4) is 0 Å². The molecule has 0 spiro atoms. The Bertz CT molecular complexity index is 534. The number of carbonyl (C=O) groups excluding carboxylic acids is 1. The SMILES string of the molecule is C/C=C/c1ccc(OCC(=O)NCC(F)(F)CN)c(OC)c1. The standard InChI is InChI=1S/C15H20F2N2O3/c1-3-4-11-5-6-12(13(7-11)21-2)22-8-14(20)19-10-15(16,17)9-18/h3-7H,8-10,18H2,1-2H3,(H,19,20)/b4-3+. The zero-order valence-corrected chi connectivity index (χ0v) is 12.6. The maximum atomic E-state index is 12.9. The van der Waals surface area contributed by atoms with E-state index in [1.165, 1.54) is 7.11 Å². The number of amides is 1. The van der Waals surface area contributed by atoms with Crippen LogP contribution in [0, 0.1) is 0 Å². The highest BCUT2D eigenvalue weighted by Gasteiger charge is 2.27. The third-order valence-corrected chi connectivity index (χ3v) is 2.75. The minimum Gasteiger partial charge on any atom is -0.493 e. The van der Waals surface area contributed by atoms with E-state index in [2.05, 4.69) is 5.32 Å². The van der Waals surface area contributed by atoms with Crippen molar-refractivity contribution in [3.63, 3.8) is 0 Å². The third-order valence-electron chi connectivity index (χ3n) is 2.75. The van der Waals surface area contributed by atoms with E-state index < -0.39 is 24.9 Å². The number of nitrogens with two attached hydrogens (primary N) is 1. The van der Waals surface area contributed by atoms with E-state index in [0.717, 1.165) is 5.56 Å². The van der Waals surface area contributed by atoms with Gasteiger partial charge < -0.3 is 20.5 Å². The van der Waals surface area contributed by atoms with Gasteiger partial charge in [0, 0.05) is 0 Å². The predicted octanol–water partition coefficient (Wildman–Crippen LogP) is 1.82. The summed E-state index contributed by atoms with van der Waals surface area (Å²) in [5.74, 6) is -2.97. The Hall–Kier alpha value is -2.15. The summed E-state index contributed by atoms with van der Waals surface area (Å²) in [5, 5.41) is 2.07. The number of alkyl halides is 2. The van der Waals surface area contributed by atoms with Crippen LogP contribution in [-0.2, 0) is 4.79 Å². The number of halogens is 2. The molecule has 7 heteroatoms. The molecule has 1 aromatic carbocycles. The van der Waals surface area contributed by atoms with E-state index in [1.807, 2.05) is 19.1 Å². The number of benzene rings is 1. The molecule has 22 heavy (non-hydrogen) atoms. The first kappa shape index (κ1) is 17.9. The second-order valence-electron chi connectivity index (χ2n) is 4.54. The number of ether oxygens (including phenoxy) is 2. The van der Waals surface area contributed by atoms with Gasteiger partial charge in [-0.2, -0.15) is 0 Å². The van der Waals surface area contributed by atoms with Crippen LogP contribution in [0.1, 0.15) is 12.5 Å². The van der Waals surface area contributed by atoms with Crippen molar-refractivity contribution in [3.05, 3.63) is 29.8 Å². The molecule has 0 heterocycles. The normalized spacial score (nSPS) is 11.5. The van der Waals surface area contributed by atoms with E-state index >= 15 is 0 Å². The molecule has 0 aromatic heterocycles. The van der Waals surface area contributed by atoms with E-state index in [-0.39, 0.29) is 6.61 Å². The number of nitrogens with one attached hydrogen (secondary N) is 1. The van der Waals surface area contributed by atoms with Gasteiger partial charge in [-0.05, 0) is 24.6 Å². The van der Waals surface area contributed by atoms with E-state index in [4.69, 9.17) is 15.2 Å². The number of hydrogen-bond acceptors (Lipinski definition) is 4. The zero-order chi connectivity index (χ0) is 16.6. The molecule has 0 aliphatic carbocycles. The fraction of sp³-hybridized carbons (Fsp3) is 0.400. The molecule has 1 rings (SSSR count). The summed E-state index contributed by atoms with van der Waals surface area (Å²) in [6, 6.07) is 5.18. The highest BCUT2D eigenvalue weighted by Crippen LogP contribution is 2.28. The van der Waals surface area contributed by atoms with Gasteiger partial charge in [0.05, 0.1) is 20.2 Å². The van der Waals surface area contributed by atoms with Crippen molar-refractivity contribution in [2.24, 2.45) is 5.73 Å². The molecule has 0 unspecified atom stereocenters. The highest BCUT2D eigenvalue weighted by atomic mass is 19.3.